The highest BCUT2D eigenvalue weighted by molar-refractivity contribution is 6.31. The van der Waals surface area contributed by atoms with Gasteiger partial charge in [-0.3, -0.25) is 4.79 Å². The molecule has 0 spiro atoms. The van der Waals surface area contributed by atoms with Crippen molar-refractivity contribution in [2.75, 3.05) is 6.54 Å². The van der Waals surface area contributed by atoms with E-state index in [2.05, 4.69) is 26.1 Å². The standard InChI is InChI=1S/C21H30ClNO3/c1-13(2)16-8-7-14(3)11-21(16,26)19(24)23-12-20(25)10-9-15-17(20)5-4-6-18(15)22/h4-6,13-14,16,25-26H,7-12H2,1-3H3,(H,23,24)/t14-,16+,20?,21+/m1/s1. The summed E-state index contributed by atoms with van der Waals surface area (Å²) in [6.07, 6.45) is 3.58. The predicted molar refractivity (Wildman–Crippen MR) is 103 cm³/mol. The van der Waals surface area contributed by atoms with Crippen molar-refractivity contribution >= 4 is 17.5 Å². The summed E-state index contributed by atoms with van der Waals surface area (Å²) in [6, 6.07) is 5.52. The first-order valence-corrected chi connectivity index (χ1v) is 10.1. The van der Waals surface area contributed by atoms with Crippen LogP contribution in [0.25, 0.3) is 0 Å². The van der Waals surface area contributed by atoms with Crippen LogP contribution < -0.4 is 5.32 Å². The molecule has 26 heavy (non-hydrogen) atoms. The molecule has 2 aliphatic carbocycles. The highest BCUT2D eigenvalue weighted by Crippen LogP contribution is 2.42. The fourth-order valence-electron chi connectivity index (χ4n) is 4.91. The van der Waals surface area contributed by atoms with Crippen molar-refractivity contribution in [1.29, 1.82) is 0 Å². The second-order valence-electron chi connectivity index (χ2n) is 8.64. The van der Waals surface area contributed by atoms with E-state index in [-0.39, 0.29) is 24.3 Å². The largest absolute Gasteiger partial charge is 0.383 e. The van der Waals surface area contributed by atoms with Crippen LogP contribution in [-0.2, 0) is 16.8 Å². The summed E-state index contributed by atoms with van der Waals surface area (Å²) < 4.78 is 0. The number of benzene rings is 1. The van der Waals surface area contributed by atoms with E-state index < -0.39 is 11.2 Å². The molecule has 1 aromatic rings. The first-order chi connectivity index (χ1) is 12.2. The monoisotopic (exact) mass is 379 g/mol. The summed E-state index contributed by atoms with van der Waals surface area (Å²) >= 11 is 6.24. The van der Waals surface area contributed by atoms with Crippen LogP contribution in [0, 0.1) is 17.8 Å². The zero-order valence-electron chi connectivity index (χ0n) is 15.9. The van der Waals surface area contributed by atoms with Gasteiger partial charge in [-0.2, -0.15) is 0 Å². The van der Waals surface area contributed by atoms with E-state index in [1.807, 2.05) is 18.2 Å². The number of carbonyl (C=O) groups is 1. The molecular formula is C21H30ClNO3. The smallest absolute Gasteiger partial charge is 0.252 e. The summed E-state index contributed by atoms with van der Waals surface area (Å²) in [6.45, 7) is 6.29. The number of aliphatic hydroxyl groups is 2. The van der Waals surface area contributed by atoms with Crippen LogP contribution in [0.5, 0.6) is 0 Å². The van der Waals surface area contributed by atoms with Gasteiger partial charge in [0, 0.05) is 5.02 Å². The van der Waals surface area contributed by atoms with Gasteiger partial charge >= 0.3 is 0 Å². The van der Waals surface area contributed by atoms with Crippen molar-refractivity contribution in [3.63, 3.8) is 0 Å². The number of hydrogen-bond donors (Lipinski definition) is 3. The molecule has 0 aliphatic heterocycles. The summed E-state index contributed by atoms with van der Waals surface area (Å²) in [4.78, 5) is 13.0. The van der Waals surface area contributed by atoms with Crippen LogP contribution in [0.15, 0.2) is 18.2 Å². The summed E-state index contributed by atoms with van der Waals surface area (Å²) in [5, 5.41) is 25.8. The van der Waals surface area contributed by atoms with E-state index in [0.717, 1.165) is 24.0 Å². The number of fused-ring (bicyclic) bond motifs is 1. The average molecular weight is 380 g/mol. The number of nitrogens with one attached hydrogen (secondary N) is 1. The first kappa shape index (κ1) is 19.7. The van der Waals surface area contributed by atoms with Gasteiger partial charge in [0.1, 0.15) is 11.2 Å². The lowest BCUT2D eigenvalue weighted by molar-refractivity contribution is -0.157. The quantitative estimate of drug-likeness (QED) is 0.750. The molecular weight excluding hydrogens is 350 g/mol. The molecule has 144 valence electrons. The third-order valence-electron chi connectivity index (χ3n) is 6.39. The van der Waals surface area contributed by atoms with E-state index in [9.17, 15) is 15.0 Å². The Labute approximate surface area is 160 Å². The molecule has 1 fully saturated rings. The van der Waals surface area contributed by atoms with Crippen molar-refractivity contribution < 1.29 is 15.0 Å². The number of rotatable bonds is 4. The molecule has 1 saturated carbocycles. The first-order valence-electron chi connectivity index (χ1n) is 9.68. The molecule has 1 amide bonds. The zero-order chi connectivity index (χ0) is 19.1. The minimum absolute atomic E-state index is 0.0568. The Balaban J connectivity index is 1.75. The average Bonchev–Trinajstić information content (AvgIpc) is 2.91. The number of hydrogen-bond acceptors (Lipinski definition) is 3. The molecule has 4 nitrogen and oxygen atoms in total. The molecule has 4 atom stereocenters. The fraction of sp³-hybridized carbons (Fsp3) is 0.667. The Kier molecular flexibility index (Phi) is 5.40. The third kappa shape index (κ3) is 3.39. The highest BCUT2D eigenvalue weighted by atomic mass is 35.5. The third-order valence-corrected chi connectivity index (χ3v) is 6.75. The topological polar surface area (TPSA) is 69.6 Å². The molecule has 0 heterocycles. The Morgan fingerprint density at radius 3 is 2.77 bits per heavy atom. The lowest BCUT2D eigenvalue weighted by atomic mass is 9.66. The molecule has 5 heteroatoms. The van der Waals surface area contributed by atoms with Gasteiger partial charge in [-0.1, -0.05) is 50.9 Å². The Morgan fingerprint density at radius 2 is 2.08 bits per heavy atom. The van der Waals surface area contributed by atoms with Gasteiger partial charge in [0.2, 0.25) is 0 Å². The van der Waals surface area contributed by atoms with Crippen LogP contribution in [0.4, 0.5) is 0 Å². The maximum Gasteiger partial charge on any atom is 0.252 e. The number of amides is 1. The second kappa shape index (κ2) is 7.14. The highest BCUT2D eigenvalue weighted by Gasteiger charge is 2.49. The zero-order valence-corrected chi connectivity index (χ0v) is 16.6. The van der Waals surface area contributed by atoms with E-state index in [4.69, 9.17) is 11.6 Å². The van der Waals surface area contributed by atoms with Crippen molar-refractivity contribution in [2.24, 2.45) is 17.8 Å². The Hall–Kier alpha value is -1.10. The minimum Gasteiger partial charge on any atom is -0.383 e. The fourth-order valence-corrected chi connectivity index (χ4v) is 5.18. The van der Waals surface area contributed by atoms with Gasteiger partial charge < -0.3 is 15.5 Å². The Bertz CT molecular complexity index is 692. The van der Waals surface area contributed by atoms with Crippen molar-refractivity contribution in [3.05, 3.63) is 34.3 Å². The van der Waals surface area contributed by atoms with Crippen molar-refractivity contribution in [3.8, 4) is 0 Å². The van der Waals surface area contributed by atoms with E-state index in [1.54, 1.807) is 0 Å². The van der Waals surface area contributed by atoms with E-state index >= 15 is 0 Å². The summed E-state index contributed by atoms with van der Waals surface area (Å²) in [5.74, 6) is 0.132. The molecule has 3 rings (SSSR count). The number of carbonyl (C=O) groups excluding carboxylic acids is 1. The maximum absolute atomic E-state index is 13.0. The van der Waals surface area contributed by atoms with Crippen LogP contribution in [0.2, 0.25) is 5.02 Å². The Morgan fingerprint density at radius 1 is 1.35 bits per heavy atom. The molecule has 0 radical (unpaired) electrons. The van der Waals surface area contributed by atoms with Crippen LogP contribution in [-0.4, -0.2) is 28.3 Å². The van der Waals surface area contributed by atoms with E-state index in [0.29, 0.717) is 30.2 Å². The summed E-state index contributed by atoms with van der Waals surface area (Å²) in [5.41, 5.74) is -0.747. The van der Waals surface area contributed by atoms with Gasteiger partial charge in [0.15, 0.2) is 0 Å². The molecule has 1 aromatic carbocycles. The minimum atomic E-state index is -1.36. The van der Waals surface area contributed by atoms with Crippen molar-refractivity contribution in [2.45, 2.75) is 64.1 Å². The molecule has 2 aliphatic rings. The van der Waals surface area contributed by atoms with Gasteiger partial charge in [-0.15, -0.1) is 0 Å². The second-order valence-corrected chi connectivity index (χ2v) is 9.05. The molecule has 0 saturated heterocycles. The summed E-state index contributed by atoms with van der Waals surface area (Å²) in [7, 11) is 0. The molecule has 0 bridgehead atoms. The van der Waals surface area contributed by atoms with Gasteiger partial charge in [0.05, 0.1) is 6.54 Å². The van der Waals surface area contributed by atoms with Crippen molar-refractivity contribution in [1.82, 2.24) is 5.32 Å². The van der Waals surface area contributed by atoms with E-state index in [1.165, 1.54) is 0 Å². The van der Waals surface area contributed by atoms with Crippen LogP contribution in [0.3, 0.4) is 0 Å². The predicted octanol–water partition coefficient (Wildman–Crippen LogP) is 3.41. The van der Waals surface area contributed by atoms with Gasteiger partial charge in [-0.05, 0) is 60.6 Å². The van der Waals surface area contributed by atoms with Gasteiger partial charge in [0.25, 0.3) is 5.91 Å². The van der Waals surface area contributed by atoms with Gasteiger partial charge in [-0.25, -0.2) is 0 Å². The maximum atomic E-state index is 13.0. The normalized spacial score (nSPS) is 34.0. The number of halogens is 1. The van der Waals surface area contributed by atoms with Crippen LogP contribution >= 0.6 is 11.6 Å². The van der Waals surface area contributed by atoms with Crippen LogP contribution in [0.1, 0.15) is 57.6 Å². The lowest BCUT2D eigenvalue weighted by Gasteiger charge is -2.43. The molecule has 3 N–H and O–H groups in total. The molecule has 0 aromatic heterocycles. The molecule has 1 unspecified atom stereocenters. The SMILES string of the molecule is CC(C)[C@@H]1CC[C@@H](C)C[C@@]1(O)C(=O)NCC1(O)CCc2c(Cl)cccc21. The lowest BCUT2D eigenvalue weighted by Crippen LogP contribution is -2.57.